The van der Waals surface area contributed by atoms with Crippen LogP contribution in [0.4, 0.5) is 0 Å². The minimum Gasteiger partial charge on any atom is -0.300 e. The van der Waals surface area contributed by atoms with E-state index in [1.54, 1.807) is 0 Å². The first-order chi connectivity index (χ1) is 15.9. The van der Waals surface area contributed by atoms with Crippen LogP contribution in [0.1, 0.15) is 155 Å². The van der Waals surface area contributed by atoms with Crippen LogP contribution in [0, 0.1) is 0 Å². The Bertz CT molecular complexity index is 418. The van der Waals surface area contributed by atoms with Crippen molar-refractivity contribution in [3.63, 3.8) is 0 Å². The van der Waals surface area contributed by atoms with Crippen LogP contribution in [0.3, 0.4) is 0 Å². The molecule has 1 saturated heterocycles. The third-order valence-corrected chi connectivity index (χ3v) is 7.27. The van der Waals surface area contributed by atoms with Gasteiger partial charge in [0.15, 0.2) is 0 Å². The maximum Gasteiger partial charge on any atom is 0.00952 e. The highest BCUT2D eigenvalue weighted by Gasteiger charge is 2.20. The second-order valence-electron chi connectivity index (χ2n) is 10.3. The topological polar surface area (TPSA) is 3.24 Å². The van der Waals surface area contributed by atoms with Crippen molar-refractivity contribution in [1.82, 2.24) is 4.90 Å². The molecule has 0 N–H and O–H groups in total. The maximum atomic E-state index is 2.84. The van der Waals surface area contributed by atoms with E-state index in [9.17, 15) is 0 Å². The van der Waals surface area contributed by atoms with E-state index in [4.69, 9.17) is 0 Å². The molecule has 1 aliphatic rings. The van der Waals surface area contributed by atoms with Gasteiger partial charge in [0.2, 0.25) is 0 Å². The van der Waals surface area contributed by atoms with Crippen molar-refractivity contribution >= 4 is 0 Å². The molecule has 1 nitrogen and oxygen atoms in total. The second-order valence-corrected chi connectivity index (χ2v) is 10.3. The van der Waals surface area contributed by atoms with E-state index >= 15 is 0 Å². The quantitative estimate of drug-likeness (QED) is 0.112. The molecule has 0 aromatic carbocycles. The summed E-state index contributed by atoms with van der Waals surface area (Å²) in [6, 6.07) is 0.900. The molecule has 32 heavy (non-hydrogen) atoms. The van der Waals surface area contributed by atoms with E-state index in [0.717, 1.165) is 12.5 Å². The van der Waals surface area contributed by atoms with Gasteiger partial charge < -0.3 is 4.90 Å². The van der Waals surface area contributed by atoms with Gasteiger partial charge in [-0.1, -0.05) is 128 Å². The lowest BCUT2D eigenvalue weighted by molar-refractivity contribution is 0.209. The molecule has 0 aliphatic carbocycles. The molecular formula is C31H59N. The molecule has 1 atom stereocenters. The van der Waals surface area contributed by atoms with Crippen LogP contribution in [0.25, 0.3) is 0 Å². The van der Waals surface area contributed by atoms with Crippen LogP contribution >= 0.6 is 0 Å². The summed E-state index contributed by atoms with van der Waals surface area (Å²) < 4.78 is 0. The zero-order chi connectivity index (χ0) is 23.0. The van der Waals surface area contributed by atoms with Crippen LogP contribution in [-0.4, -0.2) is 24.0 Å². The first-order valence-corrected chi connectivity index (χ1v) is 14.9. The van der Waals surface area contributed by atoms with Crippen LogP contribution < -0.4 is 0 Å². The molecule has 0 amide bonds. The largest absolute Gasteiger partial charge is 0.300 e. The van der Waals surface area contributed by atoms with Crippen molar-refractivity contribution < 1.29 is 0 Å². The summed E-state index contributed by atoms with van der Waals surface area (Å²) in [6.45, 7) is 7.31. The molecule has 0 bridgehead atoms. The van der Waals surface area contributed by atoms with Crippen molar-refractivity contribution in [2.24, 2.45) is 0 Å². The van der Waals surface area contributed by atoms with E-state index < -0.39 is 0 Å². The van der Waals surface area contributed by atoms with E-state index in [0.29, 0.717) is 0 Å². The van der Waals surface area contributed by atoms with E-state index in [2.05, 4.69) is 43.1 Å². The first kappa shape index (κ1) is 29.5. The van der Waals surface area contributed by atoms with Crippen LogP contribution in [0.5, 0.6) is 0 Å². The van der Waals surface area contributed by atoms with Gasteiger partial charge in [-0.05, 0) is 64.5 Å². The molecule has 1 aliphatic heterocycles. The van der Waals surface area contributed by atoms with Crippen molar-refractivity contribution in [3.8, 4) is 0 Å². The van der Waals surface area contributed by atoms with Gasteiger partial charge >= 0.3 is 0 Å². The van der Waals surface area contributed by atoms with Gasteiger partial charge in [-0.25, -0.2) is 0 Å². The van der Waals surface area contributed by atoms with Crippen molar-refractivity contribution in [2.75, 3.05) is 13.1 Å². The smallest absolute Gasteiger partial charge is 0.00952 e. The number of hydrogen-bond acceptors (Lipinski definition) is 1. The Balaban J connectivity index is 1.97. The summed E-state index contributed by atoms with van der Waals surface area (Å²) in [5.41, 5.74) is 0. The highest BCUT2D eigenvalue weighted by molar-refractivity contribution is 4.92. The molecule has 0 spiro atoms. The number of allylic oxidation sites excluding steroid dienone is 4. The minimum absolute atomic E-state index is 0.900. The Labute approximate surface area is 203 Å². The van der Waals surface area contributed by atoms with Gasteiger partial charge in [-0.15, -0.1) is 0 Å². The van der Waals surface area contributed by atoms with E-state index in [1.807, 2.05) is 0 Å². The molecule has 1 fully saturated rings. The van der Waals surface area contributed by atoms with Gasteiger partial charge in [0.25, 0.3) is 0 Å². The third kappa shape index (κ3) is 17.9. The number of nitrogens with zero attached hydrogens (tertiary/aromatic N) is 1. The van der Waals surface area contributed by atoms with Gasteiger partial charge in [-0.3, -0.25) is 0 Å². The Morgan fingerprint density at radius 2 is 1.03 bits per heavy atom. The van der Waals surface area contributed by atoms with Crippen molar-refractivity contribution in [3.05, 3.63) is 24.3 Å². The number of hydrogen-bond donors (Lipinski definition) is 0. The highest BCUT2D eigenvalue weighted by atomic mass is 15.2. The second kappa shape index (κ2) is 23.6. The van der Waals surface area contributed by atoms with Gasteiger partial charge in [0.05, 0.1) is 0 Å². The molecule has 0 aromatic rings. The zero-order valence-corrected chi connectivity index (χ0v) is 22.3. The van der Waals surface area contributed by atoms with Crippen molar-refractivity contribution in [2.45, 2.75) is 161 Å². The molecular weight excluding hydrogens is 386 g/mol. The third-order valence-electron chi connectivity index (χ3n) is 7.27. The molecule has 0 saturated carbocycles. The fourth-order valence-electron chi connectivity index (χ4n) is 5.15. The minimum atomic E-state index is 0.900. The van der Waals surface area contributed by atoms with Crippen molar-refractivity contribution in [1.29, 1.82) is 0 Å². The fourth-order valence-corrected chi connectivity index (χ4v) is 5.15. The lowest BCUT2D eigenvalue weighted by atomic mass is 9.98. The maximum absolute atomic E-state index is 2.84. The summed E-state index contributed by atoms with van der Waals surface area (Å²) in [5.74, 6) is 0. The highest BCUT2D eigenvalue weighted by Crippen LogP contribution is 2.22. The number of unbranched alkanes of at least 4 members (excludes halogenated alkanes) is 14. The van der Waals surface area contributed by atoms with E-state index in [1.165, 1.54) is 148 Å². The molecule has 0 aromatic heterocycles. The lowest BCUT2D eigenvalue weighted by Crippen LogP contribution is -2.32. The summed E-state index contributed by atoms with van der Waals surface area (Å²) in [5, 5.41) is 0. The summed E-state index contributed by atoms with van der Waals surface area (Å²) in [7, 11) is 0. The average Bonchev–Trinajstić information content (AvgIpc) is 3.34. The molecule has 1 rings (SSSR count). The monoisotopic (exact) mass is 445 g/mol. The Morgan fingerprint density at radius 1 is 0.531 bits per heavy atom. The lowest BCUT2D eigenvalue weighted by Gasteiger charge is -2.27. The summed E-state index contributed by atoms with van der Waals surface area (Å²) in [6.07, 6.45) is 40.3. The molecule has 1 heteroatoms. The number of rotatable bonds is 23. The standard InChI is InChI=1S/C31H59N/c1-3-5-7-9-11-12-13-14-15-16-17-18-20-22-24-28-31(32-29-25-26-30-32)27-23-21-19-10-8-6-4-2/h7,9,12-13,31H,3-6,8,10-11,14-30H2,1-2H3/b9-7-,13-12-. The van der Waals surface area contributed by atoms with Crippen LogP contribution in [0.15, 0.2) is 24.3 Å². The molecule has 0 radical (unpaired) electrons. The van der Waals surface area contributed by atoms with Crippen LogP contribution in [0.2, 0.25) is 0 Å². The predicted octanol–water partition coefficient (Wildman–Crippen LogP) is 10.4. The van der Waals surface area contributed by atoms with Gasteiger partial charge in [-0.2, -0.15) is 0 Å². The van der Waals surface area contributed by atoms with E-state index in [-0.39, 0.29) is 0 Å². The van der Waals surface area contributed by atoms with Gasteiger partial charge in [0, 0.05) is 6.04 Å². The zero-order valence-electron chi connectivity index (χ0n) is 22.3. The normalized spacial score (nSPS) is 16.1. The van der Waals surface area contributed by atoms with Gasteiger partial charge in [0.1, 0.15) is 0 Å². The summed E-state index contributed by atoms with van der Waals surface area (Å²) in [4.78, 5) is 2.84. The SMILES string of the molecule is CCC/C=C\C/C=C\CCCCCCCCCC(CCCCCCCCC)N1CCCC1. The Hall–Kier alpha value is -0.560. The molecule has 1 unspecified atom stereocenters. The number of likely N-dealkylation sites (tertiary alicyclic amines) is 1. The predicted molar refractivity (Wildman–Crippen MR) is 147 cm³/mol. The van der Waals surface area contributed by atoms with Crippen LogP contribution in [-0.2, 0) is 0 Å². The Morgan fingerprint density at radius 3 is 1.59 bits per heavy atom. The first-order valence-electron chi connectivity index (χ1n) is 14.9. The summed E-state index contributed by atoms with van der Waals surface area (Å²) >= 11 is 0. The molecule has 188 valence electrons. The Kier molecular flexibility index (Phi) is 21.7. The molecule has 1 heterocycles. The average molecular weight is 446 g/mol. The fraction of sp³-hybridized carbons (Fsp3) is 0.871.